The molecule has 7 nitrogen and oxygen atoms in total. The molecule has 122 valence electrons. The van der Waals surface area contributed by atoms with E-state index < -0.39 is 5.91 Å². The van der Waals surface area contributed by atoms with Gasteiger partial charge in [-0.05, 0) is 18.6 Å². The van der Waals surface area contributed by atoms with E-state index in [-0.39, 0.29) is 30.2 Å². The van der Waals surface area contributed by atoms with Crippen LogP contribution >= 0.6 is 23.1 Å². The third-order valence-corrected chi connectivity index (χ3v) is 5.68. The Hall–Kier alpha value is -1.74. The number of amides is 3. The Labute approximate surface area is 141 Å². The molecule has 3 rings (SSSR count). The molecule has 1 aliphatic carbocycles. The zero-order chi connectivity index (χ0) is 16.4. The topological polar surface area (TPSA) is 92.3 Å². The predicted octanol–water partition coefficient (Wildman–Crippen LogP) is 1.54. The van der Waals surface area contributed by atoms with Crippen LogP contribution in [0.25, 0.3) is 0 Å². The van der Waals surface area contributed by atoms with Gasteiger partial charge in [0.2, 0.25) is 22.9 Å². The molecule has 2 heterocycles. The van der Waals surface area contributed by atoms with Gasteiger partial charge in [0.1, 0.15) is 6.54 Å². The average molecular weight is 352 g/mol. The number of allylic oxidation sites excluding steroid dienone is 2. The molecule has 2 atom stereocenters. The summed E-state index contributed by atoms with van der Waals surface area (Å²) in [7, 11) is 0. The molecule has 9 heteroatoms. The van der Waals surface area contributed by atoms with E-state index in [9.17, 15) is 14.4 Å². The van der Waals surface area contributed by atoms with Gasteiger partial charge in [-0.3, -0.25) is 24.6 Å². The summed E-state index contributed by atoms with van der Waals surface area (Å²) in [6.07, 6.45) is 4.98. The van der Waals surface area contributed by atoms with E-state index in [1.54, 1.807) is 0 Å². The first kappa shape index (κ1) is 16.1. The van der Waals surface area contributed by atoms with E-state index >= 15 is 0 Å². The fraction of sp³-hybridized carbons (Fsp3) is 0.500. The summed E-state index contributed by atoms with van der Waals surface area (Å²) < 4.78 is 0.771. The summed E-state index contributed by atoms with van der Waals surface area (Å²) in [4.78, 5) is 37.7. The monoisotopic (exact) mass is 352 g/mol. The van der Waals surface area contributed by atoms with Crippen molar-refractivity contribution in [3.63, 3.8) is 0 Å². The van der Waals surface area contributed by atoms with Crippen molar-refractivity contribution in [2.24, 2.45) is 11.8 Å². The van der Waals surface area contributed by atoms with Crippen LogP contribution in [0.3, 0.4) is 0 Å². The highest BCUT2D eigenvalue weighted by Gasteiger charge is 2.47. The molecular formula is C14H16N4O3S2. The van der Waals surface area contributed by atoms with Gasteiger partial charge in [0.15, 0.2) is 4.34 Å². The number of nitrogens with one attached hydrogen (secondary N) is 1. The van der Waals surface area contributed by atoms with Gasteiger partial charge in [-0.25, -0.2) is 0 Å². The van der Waals surface area contributed by atoms with Crippen molar-refractivity contribution in [2.75, 3.05) is 17.6 Å². The number of hydrogen-bond donors (Lipinski definition) is 1. The minimum Gasteiger partial charge on any atom is -0.299 e. The number of carbonyl (C=O) groups excluding carboxylic acids is 3. The quantitative estimate of drug-likeness (QED) is 0.374. The van der Waals surface area contributed by atoms with Crippen molar-refractivity contribution in [3.8, 4) is 0 Å². The van der Waals surface area contributed by atoms with Gasteiger partial charge in [-0.1, -0.05) is 42.2 Å². The molecule has 1 N–H and O–H groups in total. The van der Waals surface area contributed by atoms with Crippen molar-refractivity contribution in [3.05, 3.63) is 12.2 Å². The van der Waals surface area contributed by atoms with Gasteiger partial charge in [-0.2, -0.15) is 0 Å². The smallest absolute Gasteiger partial charge is 0.246 e. The summed E-state index contributed by atoms with van der Waals surface area (Å²) in [6.45, 7) is 1.74. The molecule has 23 heavy (non-hydrogen) atoms. The highest BCUT2D eigenvalue weighted by Crippen LogP contribution is 2.35. The van der Waals surface area contributed by atoms with Crippen LogP contribution in [0.5, 0.6) is 0 Å². The van der Waals surface area contributed by atoms with Crippen molar-refractivity contribution >= 4 is 46.0 Å². The Morgan fingerprint density at radius 1 is 1.30 bits per heavy atom. The van der Waals surface area contributed by atoms with Crippen molar-refractivity contribution < 1.29 is 14.4 Å². The number of thioether (sulfide) groups is 1. The normalized spacial score (nSPS) is 23.3. The Bertz CT molecular complexity index is 647. The number of anilines is 1. The molecule has 0 aromatic carbocycles. The first-order valence-electron chi connectivity index (χ1n) is 7.36. The highest BCUT2D eigenvalue weighted by molar-refractivity contribution is 8.01. The summed E-state index contributed by atoms with van der Waals surface area (Å²) in [6, 6.07) is 0. The summed E-state index contributed by atoms with van der Waals surface area (Å²) >= 11 is 2.81. The maximum atomic E-state index is 12.3. The van der Waals surface area contributed by atoms with Crippen LogP contribution in [0.1, 0.15) is 19.8 Å². The van der Waals surface area contributed by atoms with Crippen LogP contribution in [0.15, 0.2) is 16.5 Å². The number of fused-ring (bicyclic) bond motifs is 1. The minimum atomic E-state index is -0.428. The lowest BCUT2D eigenvalue weighted by Gasteiger charge is -2.14. The number of likely N-dealkylation sites (tertiary alicyclic amines) is 1. The van der Waals surface area contributed by atoms with Gasteiger partial charge < -0.3 is 0 Å². The molecule has 1 aromatic heterocycles. The van der Waals surface area contributed by atoms with Crippen LogP contribution in [0, 0.1) is 11.8 Å². The van der Waals surface area contributed by atoms with E-state index in [2.05, 4.69) is 15.5 Å². The first-order valence-corrected chi connectivity index (χ1v) is 9.16. The third kappa shape index (κ3) is 3.30. The molecule has 0 radical (unpaired) electrons. The van der Waals surface area contributed by atoms with E-state index in [4.69, 9.17) is 0 Å². The maximum Gasteiger partial charge on any atom is 0.246 e. The van der Waals surface area contributed by atoms with Gasteiger partial charge in [0.25, 0.3) is 0 Å². The number of carbonyl (C=O) groups is 3. The molecule has 0 unspecified atom stereocenters. The largest absolute Gasteiger partial charge is 0.299 e. The Balaban J connectivity index is 1.61. The number of aromatic nitrogens is 2. The molecule has 2 aliphatic rings. The Morgan fingerprint density at radius 3 is 2.57 bits per heavy atom. The van der Waals surface area contributed by atoms with Crippen LogP contribution in [0.4, 0.5) is 5.13 Å². The fourth-order valence-corrected chi connectivity index (χ4v) is 4.43. The summed E-state index contributed by atoms with van der Waals surface area (Å²) in [5.74, 6) is -0.680. The molecular weight excluding hydrogens is 336 g/mol. The number of hydrogen-bond acceptors (Lipinski definition) is 7. The molecule has 0 saturated carbocycles. The average Bonchev–Trinajstić information content (AvgIpc) is 3.07. The van der Waals surface area contributed by atoms with E-state index in [0.29, 0.717) is 18.0 Å². The van der Waals surface area contributed by atoms with Crippen molar-refractivity contribution in [1.82, 2.24) is 15.1 Å². The van der Waals surface area contributed by atoms with Gasteiger partial charge in [-0.15, -0.1) is 10.2 Å². The molecule has 0 bridgehead atoms. The predicted molar refractivity (Wildman–Crippen MR) is 87.0 cm³/mol. The molecule has 1 aliphatic heterocycles. The summed E-state index contributed by atoms with van der Waals surface area (Å²) in [5, 5.41) is 10.8. The van der Waals surface area contributed by atoms with Crippen molar-refractivity contribution in [2.45, 2.75) is 24.1 Å². The second-order valence-corrected chi connectivity index (χ2v) is 7.76. The van der Waals surface area contributed by atoms with E-state index in [1.165, 1.54) is 23.1 Å². The number of nitrogens with zero attached hydrogens (tertiary/aromatic N) is 3. The zero-order valence-electron chi connectivity index (χ0n) is 12.5. The molecule has 1 fully saturated rings. The fourth-order valence-electron chi connectivity index (χ4n) is 2.77. The maximum absolute atomic E-state index is 12.3. The van der Waals surface area contributed by atoms with Crippen LogP contribution in [0.2, 0.25) is 0 Å². The van der Waals surface area contributed by atoms with Gasteiger partial charge in [0.05, 0.1) is 11.8 Å². The molecule has 1 saturated heterocycles. The lowest BCUT2D eigenvalue weighted by Crippen LogP contribution is -2.38. The van der Waals surface area contributed by atoms with E-state index in [0.717, 1.165) is 15.0 Å². The zero-order valence-corrected chi connectivity index (χ0v) is 14.2. The third-order valence-electron chi connectivity index (χ3n) is 3.82. The second kappa shape index (κ2) is 6.79. The minimum absolute atomic E-state index is 0.251. The Kier molecular flexibility index (Phi) is 4.76. The standard InChI is InChI=1S/C14H16N4O3S2/c1-2-22-14-17-16-13(23-14)15-10(19)7-18-11(20)8-5-3-4-6-9(8)12(18)21/h3-4,8-9H,2,5-7H2,1H3,(H,15,16,19)/t8-,9-/m1/s1. The highest BCUT2D eigenvalue weighted by atomic mass is 32.2. The first-order chi connectivity index (χ1) is 11.1. The molecule has 3 amide bonds. The van der Waals surface area contributed by atoms with Crippen LogP contribution in [-0.4, -0.2) is 45.1 Å². The van der Waals surface area contributed by atoms with Crippen LogP contribution in [-0.2, 0) is 14.4 Å². The molecule has 1 aromatic rings. The lowest BCUT2D eigenvalue weighted by molar-refractivity contribution is -0.142. The SMILES string of the molecule is CCSc1nnc(NC(=O)CN2C(=O)[C@@H]3CC=CC[C@H]3C2=O)s1. The van der Waals surface area contributed by atoms with E-state index in [1.807, 2.05) is 19.1 Å². The van der Waals surface area contributed by atoms with Crippen LogP contribution < -0.4 is 5.32 Å². The second-order valence-electron chi connectivity index (χ2n) is 5.27. The number of rotatable bonds is 5. The Morgan fingerprint density at radius 2 is 1.96 bits per heavy atom. The lowest BCUT2D eigenvalue weighted by atomic mass is 9.85. The van der Waals surface area contributed by atoms with Gasteiger partial charge >= 0.3 is 0 Å². The summed E-state index contributed by atoms with van der Waals surface area (Å²) in [5.41, 5.74) is 0. The van der Waals surface area contributed by atoms with Crippen molar-refractivity contribution in [1.29, 1.82) is 0 Å². The number of imide groups is 1. The molecule has 0 spiro atoms. The van der Waals surface area contributed by atoms with Gasteiger partial charge in [0, 0.05) is 0 Å².